The van der Waals surface area contributed by atoms with Gasteiger partial charge in [-0.25, -0.2) is 9.18 Å². The zero-order valence-electron chi connectivity index (χ0n) is 11.9. The van der Waals surface area contributed by atoms with E-state index in [0.29, 0.717) is 0 Å². The third-order valence-electron chi connectivity index (χ3n) is 3.55. The Bertz CT molecular complexity index is 836. The fraction of sp³-hybridized carbons (Fsp3) is 0.286. The number of carboxylic acids is 1. The number of pyridine rings is 1. The first kappa shape index (κ1) is 17.4. The molecule has 0 amide bonds. The van der Waals surface area contributed by atoms with Gasteiger partial charge in [0.1, 0.15) is 16.4 Å². The summed E-state index contributed by atoms with van der Waals surface area (Å²) >= 11 is 6.03. The molecule has 0 atom stereocenters. The molecule has 1 N–H and O–H groups in total. The summed E-state index contributed by atoms with van der Waals surface area (Å²) in [5.74, 6) is -1.86. The van der Waals surface area contributed by atoms with Crippen molar-refractivity contribution in [2.45, 2.75) is 25.8 Å². The molecule has 0 bridgehead atoms. The molecule has 1 radical (unpaired) electrons. The predicted molar refractivity (Wildman–Crippen MR) is 81.1 cm³/mol. The Morgan fingerprint density at radius 1 is 1.43 bits per heavy atom. The highest BCUT2D eigenvalue weighted by Gasteiger charge is 2.28. The Balaban J connectivity index is 0.000000595. The Labute approximate surface area is 134 Å². The van der Waals surface area contributed by atoms with Crippen molar-refractivity contribution in [2.24, 2.45) is 0 Å². The molecule has 1 aliphatic carbocycles. The number of hydrogen-bond donors (Lipinski definition) is 1. The summed E-state index contributed by atoms with van der Waals surface area (Å²) in [5, 5.41) is 9.15. The second-order valence-electron chi connectivity index (χ2n) is 5.12. The van der Waals surface area contributed by atoms with Gasteiger partial charge in [0.05, 0.1) is 5.52 Å². The van der Waals surface area contributed by atoms with Crippen LogP contribution in [0.4, 0.5) is 13.0 Å². The fourth-order valence-corrected chi connectivity index (χ4v) is 2.72. The molecular weight excluding hydrogens is 333 g/mol. The lowest BCUT2D eigenvalue weighted by Crippen LogP contribution is -2.19. The summed E-state index contributed by atoms with van der Waals surface area (Å²) in [6.45, 7) is 1.50. The summed E-state index contributed by atoms with van der Waals surface area (Å²) in [4.78, 5) is 23.4. The number of aromatic carboxylic acids is 1. The number of aryl methyl sites for hydroxylation is 1. The quantitative estimate of drug-likeness (QED) is 0.847. The summed E-state index contributed by atoms with van der Waals surface area (Å²) in [5.41, 5.74) is -0.433. The molecule has 1 heterocycles. The van der Waals surface area contributed by atoms with E-state index in [1.165, 1.54) is 19.2 Å². The molecule has 0 aliphatic heterocycles. The lowest BCUT2D eigenvalue weighted by molar-refractivity contribution is 0.0695. The van der Waals surface area contributed by atoms with Crippen LogP contribution < -0.4 is 5.43 Å². The van der Waals surface area contributed by atoms with Crippen LogP contribution in [0, 0.1) is 12.7 Å². The standard InChI is InChI=1S/C14H11ClFNO3.BF2/c1-6-4-8-12(10(15)11(6)16)17(7-2-3-7)5-9(13(8)18)14(19)20;2-1-3/h4-5,7H,2-3H2,1H3,(H,19,20);. The van der Waals surface area contributed by atoms with Crippen molar-refractivity contribution in [3.63, 3.8) is 0 Å². The first-order valence-electron chi connectivity index (χ1n) is 6.62. The van der Waals surface area contributed by atoms with Crippen LogP contribution in [0.1, 0.15) is 34.8 Å². The molecule has 121 valence electrons. The van der Waals surface area contributed by atoms with Crippen LogP contribution in [0.15, 0.2) is 17.1 Å². The smallest absolute Gasteiger partial charge is 0.477 e. The van der Waals surface area contributed by atoms with Crippen molar-refractivity contribution in [1.29, 1.82) is 0 Å². The van der Waals surface area contributed by atoms with Crippen molar-refractivity contribution < 1.29 is 22.9 Å². The van der Waals surface area contributed by atoms with Crippen molar-refractivity contribution in [3.8, 4) is 0 Å². The van der Waals surface area contributed by atoms with Gasteiger partial charge in [0.2, 0.25) is 5.43 Å². The van der Waals surface area contributed by atoms with Gasteiger partial charge >= 0.3 is 13.8 Å². The van der Waals surface area contributed by atoms with E-state index in [1.54, 1.807) is 4.57 Å². The zero-order chi connectivity index (χ0) is 17.3. The molecule has 4 nitrogen and oxygen atoms in total. The maximum Gasteiger partial charge on any atom is 0.577 e. The number of nitrogens with zero attached hydrogens (tertiary/aromatic N) is 1. The van der Waals surface area contributed by atoms with Crippen LogP contribution in [0.3, 0.4) is 0 Å². The van der Waals surface area contributed by atoms with Gasteiger partial charge in [0, 0.05) is 17.6 Å². The molecule has 2 aromatic rings. The Kier molecular flexibility index (Phi) is 5.04. The van der Waals surface area contributed by atoms with Gasteiger partial charge in [-0.05, 0) is 31.4 Å². The molecule has 1 aromatic heterocycles. The number of hydrogen-bond acceptors (Lipinski definition) is 2. The van der Waals surface area contributed by atoms with Gasteiger partial charge < -0.3 is 9.67 Å². The van der Waals surface area contributed by atoms with Gasteiger partial charge in [-0.2, -0.15) is 0 Å². The zero-order valence-corrected chi connectivity index (χ0v) is 12.7. The maximum absolute atomic E-state index is 14.0. The van der Waals surface area contributed by atoms with Crippen LogP contribution in [-0.4, -0.2) is 23.5 Å². The highest BCUT2D eigenvalue weighted by Crippen LogP contribution is 2.39. The van der Waals surface area contributed by atoms with Crippen LogP contribution in [0.25, 0.3) is 10.9 Å². The minimum Gasteiger partial charge on any atom is -0.477 e. The SMILES string of the molecule is Cc1cc2c(=O)c(C(=O)O)cn(C3CC3)c2c(Cl)c1F.F[B]F. The van der Waals surface area contributed by atoms with E-state index in [2.05, 4.69) is 0 Å². The van der Waals surface area contributed by atoms with E-state index in [9.17, 15) is 22.6 Å². The monoisotopic (exact) mass is 344 g/mol. The largest absolute Gasteiger partial charge is 0.577 e. The van der Waals surface area contributed by atoms with E-state index in [4.69, 9.17) is 16.7 Å². The van der Waals surface area contributed by atoms with Crippen LogP contribution >= 0.6 is 11.6 Å². The minimum absolute atomic E-state index is 0.0795. The van der Waals surface area contributed by atoms with E-state index >= 15 is 0 Å². The second-order valence-corrected chi connectivity index (χ2v) is 5.49. The molecule has 1 aliphatic rings. The van der Waals surface area contributed by atoms with Gasteiger partial charge in [-0.3, -0.25) is 13.4 Å². The van der Waals surface area contributed by atoms with Gasteiger partial charge in [-0.15, -0.1) is 0 Å². The topological polar surface area (TPSA) is 59.3 Å². The lowest BCUT2D eigenvalue weighted by atomic mass is 10.1. The molecule has 0 saturated heterocycles. The number of fused-ring (bicyclic) bond motifs is 1. The third kappa shape index (κ3) is 3.22. The van der Waals surface area contributed by atoms with Crippen molar-refractivity contribution >= 4 is 36.3 Å². The fourth-order valence-electron chi connectivity index (χ4n) is 2.37. The minimum atomic E-state index is -1.29. The Hall–Kier alpha value is -1.96. The molecule has 9 heteroatoms. The molecule has 1 saturated carbocycles. The molecule has 0 unspecified atom stereocenters. The highest BCUT2D eigenvalue weighted by molar-refractivity contribution is 6.35. The first-order valence-corrected chi connectivity index (χ1v) is 7.00. The average molecular weight is 345 g/mol. The van der Waals surface area contributed by atoms with E-state index in [-0.39, 0.29) is 33.1 Å². The average Bonchev–Trinajstić information content (AvgIpc) is 3.31. The number of benzene rings is 1. The lowest BCUT2D eigenvalue weighted by Gasteiger charge is -2.14. The van der Waals surface area contributed by atoms with Gasteiger partial charge in [0.25, 0.3) is 0 Å². The molecule has 1 aromatic carbocycles. The maximum atomic E-state index is 14.0. The van der Waals surface area contributed by atoms with Crippen molar-refractivity contribution in [2.75, 3.05) is 0 Å². The normalized spacial score (nSPS) is 13.4. The first-order chi connectivity index (χ1) is 10.8. The van der Waals surface area contributed by atoms with Gasteiger partial charge in [-0.1, -0.05) is 11.6 Å². The van der Waals surface area contributed by atoms with Crippen molar-refractivity contribution in [3.05, 3.63) is 44.5 Å². The van der Waals surface area contributed by atoms with E-state index in [0.717, 1.165) is 12.8 Å². The molecule has 23 heavy (non-hydrogen) atoms. The Morgan fingerprint density at radius 3 is 2.48 bits per heavy atom. The van der Waals surface area contributed by atoms with E-state index in [1.807, 2.05) is 0 Å². The van der Waals surface area contributed by atoms with Gasteiger partial charge in [0.15, 0.2) is 0 Å². The van der Waals surface area contributed by atoms with E-state index < -0.39 is 25.0 Å². The summed E-state index contributed by atoms with van der Waals surface area (Å²) in [6.07, 6.45) is 3.00. The predicted octanol–water partition coefficient (Wildman–Crippen LogP) is 3.60. The summed E-state index contributed by atoms with van der Waals surface area (Å²) in [6, 6.07) is 1.44. The summed E-state index contributed by atoms with van der Waals surface area (Å²) in [7, 11) is -1.00. The third-order valence-corrected chi connectivity index (χ3v) is 3.89. The molecule has 0 spiro atoms. The number of rotatable bonds is 2. The number of carboxylic acid groups (broad SMARTS) is 1. The molecule has 3 rings (SSSR count). The number of halogens is 4. The summed E-state index contributed by atoms with van der Waals surface area (Å²) < 4.78 is 34.6. The Morgan fingerprint density at radius 2 is 2.00 bits per heavy atom. The van der Waals surface area contributed by atoms with Crippen molar-refractivity contribution in [1.82, 2.24) is 4.57 Å². The number of carbonyl (C=O) groups is 1. The molecule has 1 fully saturated rings. The highest BCUT2D eigenvalue weighted by atomic mass is 35.5. The molecular formula is C14H11BClF3NO3. The number of aromatic nitrogens is 1. The van der Waals surface area contributed by atoms with Crippen LogP contribution in [0.2, 0.25) is 5.02 Å². The second kappa shape index (κ2) is 6.66. The van der Waals surface area contributed by atoms with Crippen LogP contribution in [-0.2, 0) is 0 Å². The van der Waals surface area contributed by atoms with Crippen LogP contribution in [0.5, 0.6) is 0 Å².